The minimum absolute atomic E-state index is 0.0930. The summed E-state index contributed by atoms with van der Waals surface area (Å²) in [4.78, 5) is 10.0. The number of nitrogens with zero attached hydrogens (tertiary/aromatic N) is 3. The van der Waals surface area contributed by atoms with E-state index < -0.39 is 22.3 Å². The molecule has 0 atom stereocenters. The first-order valence-electron chi connectivity index (χ1n) is 8.08. The van der Waals surface area contributed by atoms with Gasteiger partial charge in [0, 0.05) is 18.0 Å². The average Bonchev–Trinajstić information content (AvgIpc) is 2.60. The van der Waals surface area contributed by atoms with Crippen LogP contribution < -0.4 is 9.64 Å². The maximum atomic E-state index is 13.3. The lowest BCUT2D eigenvalue weighted by Gasteiger charge is -2.22. The fourth-order valence-electron chi connectivity index (χ4n) is 2.65. The lowest BCUT2D eigenvalue weighted by Crippen LogP contribution is -2.27. The van der Waals surface area contributed by atoms with E-state index in [-0.39, 0.29) is 29.6 Å². The van der Waals surface area contributed by atoms with Gasteiger partial charge >= 0.3 is 6.61 Å². The number of alkyl halides is 2. The molecule has 28 heavy (non-hydrogen) atoms. The summed E-state index contributed by atoms with van der Waals surface area (Å²) in [6.07, 6.45) is 2.59. The van der Waals surface area contributed by atoms with E-state index in [0.29, 0.717) is 11.3 Å². The van der Waals surface area contributed by atoms with Crippen molar-refractivity contribution < 1.29 is 26.3 Å². The number of anilines is 1. The monoisotopic (exact) mass is 411 g/mol. The molecule has 1 aliphatic rings. The number of rotatable bonds is 6. The van der Waals surface area contributed by atoms with E-state index in [1.54, 1.807) is 29.2 Å². The molecular formula is C18H16F3N3O3S. The van der Waals surface area contributed by atoms with E-state index in [0.717, 1.165) is 18.4 Å². The van der Waals surface area contributed by atoms with Crippen molar-refractivity contribution in [3.8, 4) is 5.75 Å². The molecular weight excluding hydrogens is 395 g/mol. The fourth-order valence-corrected chi connectivity index (χ4v) is 3.44. The van der Waals surface area contributed by atoms with E-state index >= 15 is 0 Å². The first-order valence-corrected chi connectivity index (χ1v) is 10.1. The van der Waals surface area contributed by atoms with Crippen LogP contribution >= 0.6 is 0 Å². The maximum absolute atomic E-state index is 13.3. The SMILES string of the molecule is CS(=O)(=O)Cc1cccc(N2C=NC(c3ccc(F)cc3OC(F)F)=NC2)c1. The molecule has 0 aliphatic carbocycles. The number of halogens is 3. The summed E-state index contributed by atoms with van der Waals surface area (Å²) in [6.45, 7) is -2.99. The van der Waals surface area contributed by atoms with Crippen LogP contribution in [-0.4, -0.2) is 40.1 Å². The van der Waals surface area contributed by atoms with E-state index in [2.05, 4.69) is 14.7 Å². The van der Waals surface area contributed by atoms with Gasteiger partial charge in [0.15, 0.2) is 15.7 Å². The predicted octanol–water partition coefficient (Wildman–Crippen LogP) is 3.22. The Morgan fingerprint density at radius 2 is 2.00 bits per heavy atom. The molecule has 6 nitrogen and oxygen atoms in total. The fraction of sp³-hybridized carbons (Fsp3) is 0.222. The summed E-state index contributed by atoms with van der Waals surface area (Å²) in [5.74, 6) is -1.04. The number of benzene rings is 2. The molecule has 0 fully saturated rings. The number of hydrogen-bond acceptors (Lipinski definition) is 6. The van der Waals surface area contributed by atoms with Gasteiger partial charge in [0.05, 0.1) is 17.7 Å². The van der Waals surface area contributed by atoms with Crippen LogP contribution in [0.4, 0.5) is 18.9 Å². The van der Waals surface area contributed by atoms with Gasteiger partial charge in [0.2, 0.25) is 0 Å². The number of sulfone groups is 1. The van der Waals surface area contributed by atoms with Crippen molar-refractivity contribution in [3.63, 3.8) is 0 Å². The van der Waals surface area contributed by atoms with Crippen LogP contribution in [0.15, 0.2) is 52.4 Å². The molecule has 0 saturated carbocycles. The van der Waals surface area contributed by atoms with Crippen molar-refractivity contribution in [2.24, 2.45) is 9.98 Å². The molecule has 0 radical (unpaired) electrons. The molecule has 148 valence electrons. The highest BCUT2D eigenvalue weighted by atomic mass is 32.2. The van der Waals surface area contributed by atoms with Crippen LogP contribution in [0.3, 0.4) is 0 Å². The predicted molar refractivity (Wildman–Crippen MR) is 100 cm³/mol. The minimum atomic E-state index is -3.17. The first kappa shape index (κ1) is 19.9. The minimum Gasteiger partial charge on any atom is -0.434 e. The van der Waals surface area contributed by atoms with Crippen molar-refractivity contribution in [1.29, 1.82) is 0 Å². The molecule has 0 saturated heterocycles. The Bertz CT molecular complexity index is 1040. The molecule has 0 bridgehead atoms. The Labute approximate surface area is 159 Å². The maximum Gasteiger partial charge on any atom is 0.387 e. The normalized spacial score (nSPS) is 14.3. The molecule has 1 aliphatic heterocycles. The summed E-state index contributed by atoms with van der Waals surface area (Å²) in [6, 6.07) is 10.1. The molecule has 10 heteroatoms. The lowest BCUT2D eigenvalue weighted by atomic mass is 10.1. The number of hydrogen-bond donors (Lipinski definition) is 0. The van der Waals surface area contributed by atoms with Gasteiger partial charge in [0.25, 0.3) is 0 Å². The third-order valence-electron chi connectivity index (χ3n) is 3.76. The van der Waals surface area contributed by atoms with Crippen molar-refractivity contribution in [3.05, 3.63) is 59.4 Å². The third kappa shape index (κ3) is 5.10. The molecule has 0 spiro atoms. The molecule has 2 aromatic carbocycles. The highest BCUT2D eigenvalue weighted by molar-refractivity contribution is 7.89. The summed E-state index contributed by atoms with van der Waals surface area (Å²) in [5.41, 5.74) is 1.44. The molecule has 0 amide bonds. The van der Waals surface area contributed by atoms with Crippen molar-refractivity contribution >= 4 is 27.7 Å². The van der Waals surface area contributed by atoms with Crippen LogP contribution in [0.25, 0.3) is 0 Å². The topological polar surface area (TPSA) is 71.3 Å². The second-order valence-electron chi connectivity index (χ2n) is 6.10. The van der Waals surface area contributed by atoms with Crippen molar-refractivity contribution in [1.82, 2.24) is 0 Å². The van der Waals surface area contributed by atoms with Gasteiger partial charge in [-0.1, -0.05) is 12.1 Å². The highest BCUT2D eigenvalue weighted by Crippen LogP contribution is 2.25. The summed E-state index contributed by atoms with van der Waals surface area (Å²) in [7, 11) is -3.17. The molecule has 2 aromatic rings. The van der Waals surface area contributed by atoms with Gasteiger partial charge in [-0.25, -0.2) is 22.8 Å². The lowest BCUT2D eigenvalue weighted by molar-refractivity contribution is -0.0501. The average molecular weight is 411 g/mol. The van der Waals surface area contributed by atoms with E-state index in [1.165, 1.54) is 12.4 Å². The molecule has 0 aromatic heterocycles. The number of amidine groups is 1. The molecule has 3 rings (SSSR count). The Morgan fingerprint density at radius 3 is 2.64 bits per heavy atom. The van der Waals surface area contributed by atoms with Crippen LogP contribution in [0.5, 0.6) is 5.75 Å². The largest absolute Gasteiger partial charge is 0.434 e. The summed E-state index contributed by atoms with van der Waals surface area (Å²) in [5, 5.41) is 0. The van der Waals surface area contributed by atoms with Gasteiger partial charge in [-0.2, -0.15) is 8.78 Å². The van der Waals surface area contributed by atoms with E-state index in [1.807, 2.05) is 0 Å². The quantitative estimate of drug-likeness (QED) is 0.732. The van der Waals surface area contributed by atoms with Crippen LogP contribution in [0.1, 0.15) is 11.1 Å². The standard InChI is InChI=1S/C18H16F3N3O3S/c1-28(25,26)9-12-3-2-4-14(7-12)24-10-22-17(23-11-24)15-6-5-13(19)8-16(15)27-18(20)21/h2-8,10,18H,9,11H2,1H3. The van der Waals surface area contributed by atoms with Gasteiger partial charge in [0.1, 0.15) is 18.2 Å². The zero-order chi connectivity index (χ0) is 20.3. The molecule has 0 N–H and O–H groups in total. The van der Waals surface area contributed by atoms with Crippen LogP contribution in [0, 0.1) is 5.82 Å². The van der Waals surface area contributed by atoms with Gasteiger partial charge in [-0.05, 0) is 29.8 Å². The second kappa shape index (κ2) is 8.01. The number of ether oxygens (including phenoxy) is 1. The highest BCUT2D eigenvalue weighted by Gasteiger charge is 2.18. The Morgan fingerprint density at radius 1 is 1.21 bits per heavy atom. The third-order valence-corrected chi connectivity index (χ3v) is 4.62. The zero-order valence-electron chi connectivity index (χ0n) is 14.7. The van der Waals surface area contributed by atoms with Gasteiger partial charge < -0.3 is 9.64 Å². The molecule has 1 heterocycles. The number of aliphatic imine (C=N–C) groups is 2. The Kier molecular flexibility index (Phi) is 5.68. The van der Waals surface area contributed by atoms with Crippen LogP contribution in [0.2, 0.25) is 0 Å². The second-order valence-corrected chi connectivity index (χ2v) is 8.24. The first-order chi connectivity index (χ1) is 13.2. The summed E-state index contributed by atoms with van der Waals surface area (Å²) >= 11 is 0. The smallest absolute Gasteiger partial charge is 0.387 e. The van der Waals surface area contributed by atoms with Gasteiger partial charge in [-0.3, -0.25) is 0 Å². The molecule has 0 unspecified atom stereocenters. The van der Waals surface area contributed by atoms with Gasteiger partial charge in [-0.15, -0.1) is 0 Å². The van der Waals surface area contributed by atoms with E-state index in [9.17, 15) is 21.6 Å². The zero-order valence-corrected chi connectivity index (χ0v) is 15.5. The van der Waals surface area contributed by atoms with Crippen molar-refractivity contribution in [2.45, 2.75) is 12.4 Å². The Balaban J connectivity index is 1.81. The van der Waals surface area contributed by atoms with E-state index in [4.69, 9.17) is 0 Å². The van der Waals surface area contributed by atoms with Crippen molar-refractivity contribution in [2.75, 3.05) is 17.8 Å². The van der Waals surface area contributed by atoms with Crippen LogP contribution in [-0.2, 0) is 15.6 Å². The Hall–Kier alpha value is -2.88. The summed E-state index contributed by atoms with van der Waals surface area (Å²) < 4.78 is 65.8.